The fourth-order valence-electron chi connectivity index (χ4n) is 2.19. The second-order valence-electron chi connectivity index (χ2n) is 6.58. The summed E-state index contributed by atoms with van der Waals surface area (Å²) in [6.45, 7) is 2.97. The van der Waals surface area contributed by atoms with Gasteiger partial charge in [-0.15, -0.1) is 0 Å². The fourth-order valence-corrected chi connectivity index (χ4v) is 3.15. The molecule has 3 atom stereocenters. The Balaban J connectivity index is 4.73. The third kappa shape index (κ3) is 10.8. The van der Waals surface area contributed by atoms with E-state index in [1.807, 2.05) is 12.5 Å². The predicted octanol–water partition coefficient (Wildman–Crippen LogP) is -0.354. The Hall–Kier alpha value is -1.46. The maximum absolute atomic E-state index is 12.4. The molecule has 0 aliphatic rings. The molecule has 0 aromatic carbocycles. The van der Waals surface area contributed by atoms with Crippen molar-refractivity contribution in [2.75, 3.05) is 30.6 Å². The summed E-state index contributed by atoms with van der Waals surface area (Å²) in [5.41, 5.74) is 5.83. The number of amides is 3. The Morgan fingerprint density at radius 3 is 2.04 bits per heavy atom. The lowest BCUT2D eigenvalue weighted by molar-refractivity contribution is -0.143. The minimum Gasteiger partial charge on any atom is -0.480 e. The van der Waals surface area contributed by atoms with Crippen LogP contribution in [-0.4, -0.2) is 77.5 Å². The van der Waals surface area contributed by atoms with Gasteiger partial charge < -0.3 is 26.8 Å². The fraction of sp³-hybridized carbons (Fsp3) is 0.765. The first kappa shape index (κ1) is 26.5. The number of carboxylic acids is 1. The number of carbonyl (C=O) groups is 4. The quantitative estimate of drug-likeness (QED) is 0.248. The van der Waals surface area contributed by atoms with Gasteiger partial charge in [0.1, 0.15) is 12.1 Å². The number of carbonyl (C=O) groups excluding carboxylic acids is 3. The summed E-state index contributed by atoms with van der Waals surface area (Å²) in [4.78, 5) is 47.7. The first-order valence-corrected chi connectivity index (χ1v) is 11.8. The molecule has 0 aromatic rings. The Morgan fingerprint density at radius 1 is 0.964 bits per heavy atom. The highest BCUT2D eigenvalue weighted by molar-refractivity contribution is 7.98. The molecule has 9 nitrogen and oxygen atoms in total. The molecule has 0 spiro atoms. The highest BCUT2D eigenvalue weighted by Crippen LogP contribution is 2.04. The van der Waals surface area contributed by atoms with E-state index in [-0.39, 0.29) is 12.5 Å². The van der Waals surface area contributed by atoms with Gasteiger partial charge in [-0.25, -0.2) is 4.79 Å². The van der Waals surface area contributed by atoms with Crippen molar-refractivity contribution in [3.05, 3.63) is 0 Å². The van der Waals surface area contributed by atoms with Gasteiger partial charge in [-0.1, -0.05) is 13.8 Å². The van der Waals surface area contributed by atoms with Crippen LogP contribution in [0.4, 0.5) is 0 Å². The maximum Gasteiger partial charge on any atom is 0.326 e. The van der Waals surface area contributed by atoms with Crippen LogP contribution >= 0.6 is 23.5 Å². The Bertz CT molecular complexity index is 534. The van der Waals surface area contributed by atoms with Gasteiger partial charge in [0.05, 0.1) is 12.6 Å². The molecule has 0 heterocycles. The smallest absolute Gasteiger partial charge is 0.326 e. The van der Waals surface area contributed by atoms with Crippen LogP contribution in [0.25, 0.3) is 0 Å². The van der Waals surface area contributed by atoms with Crippen LogP contribution in [0.2, 0.25) is 0 Å². The van der Waals surface area contributed by atoms with Crippen LogP contribution in [0.3, 0.4) is 0 Å². The monoisotopic (exact) mass is 436 g/mol. The van der Waals surface area contributed by atoms with Gasteiger partial charge in [-0.05, 0) is 42.8 Å². The normalized spacial score (nSPS) is 14.1. The minimum absolute atomic E-state index is 0.298. The number of hydrogen-bond acceptors (Lipinski definition) is 7. The van der Waals surface area contributed by atoms with Crippen molar-refractivity contribution in [2.24, 2.45) is 11.7 Å². The SMILES string of the molecule is CSCCC(N)C(=O)NC(CCSC)C(=O)NCC(=O)NC(C(=O)O)C(C)C. The van der Waals surface area contributed by atoms with Gasteiger partial charge in [-0.3, -0.25) is 14.4 Å². The molecule has 3 unspecified atom stereocenters. The molecule has 0 saturated carbocycles. The minimum atomic E-state index is -1.14. The molecule has 0 aliphatic heterocycles. The Morgan fingerprint density at radius 2 is 1.54 bits per heavy atom. The number of thioether (sulfide) groups is 2. The first-order valence-electron chi connectivity index (χ1n) is 8.97. The molecular formula is C17H32N4O5S2. The molecule has 28 heavy (non-hydrogen) atoms. The molecule has 0 saturated heterocycles. The highest BCUT2D eigenvalue weighted by atomic mass is 32.2. The van der Waals surface area contributed by atoms with E-state index < -0.39 is 41.8 Å². The van der Waals surface area contributed by atoms with Crippen molar-refractivity contribution >= 4 is 47.2 Å². The summed E-state index contributed by atoms with van der Waals surface area (Å²) in [6.07, 6.45) is 4.68. The van der Waals surface area contributed by atoms with Crippen molar-refractivity contribution < 1.29 is 24.3 Å². The molecule has 3 amide bonds. The number of aliphatic carboxylic acids is 1. The van der Waals surface area contributed by atoms with E-state index in [1.54, 1.807) is 25.6 Å². The van der Waals surface area contributed by atoms with Crippen LogP contribution in [0, 0.1) is 5.92 Å². The second-order valence-corrected chi connectivity index (χ2v) is 8.55. The first-order chi connectivity index (χ1) is 13.1. The molecule has 0 aromatic heterocycles. The van der Waals surface area contributed by atoms with Crippen molar-refractivity contribution in [1.82, 2.24) is 16.0 Å². The highest BCUT2D eigenvalue weighted by Gasteiger charge is 2.26. The molecule has 0 fully saturated rings. The second kappa shape index (κ2) is 14.5. The van der Waals surface area contributed by atoms with Crippen molar-refractivity contribution in [2.45, 2.75) is 44.8 Å². The molecule has 11 heteroatoms. The summed E-state index contributed by atoms with van der Waals surface area (Å²) in [5.74, 6) is -1.60. The standard InChI is InChI=1S/C17H32N4O5S2/c1-10(2)14(17(25)26)21-13(22)9-19-16(24)12(6-8-28-4)20-15(23)11(18)5-7-27-3/h10-12,14H,5-9,18H2,1-4H3,(H,19,24)(H,20,23)(H,21,22)(H,25,26). The third-order valence-corrected chi connectivity index (χ3v) is 5.17. The van der Waals surface area contributed by atoms with Gasteiger partial charge in [-0.2, -0.15) is 23.5 Å². The van der Waals surface area contributed by atoms with Crippen LogP contribution in [-0.2, 0) is 19.2 Å². The predicted molar refractivity (Wildman–Crippen MR) is 113 cm³/mol. The zero-order chi connectivity index (χ0) is 21.7. The molecule has 0 radical (unpaired) electrons. The zero-order valence-electron chi connectivity index (χ0n) is 16.8. The van der Waals surface area contributed by atoms with Crippen LogP contribution in [0.15, 0.2) is 0 Å². The molecule has 0 bridgehead atoms. The average molecular weight is 437 g/mol. The lowest BCUT2D eigenvalue weighted by Gasteiger charge is -2.21. The Kier molecular flexibility index (Phi) is 13.8. The van der Waals surface area contributed by atoms with Gasteiger partial charge in [0.2, 0.25) is 17.7 Å². The van der Waals surface area contributed by atoms with Crippen molar-refractivity contribution in [3.8, 4) is 0 Å². The van der Waals surface area contributed by atoms with E-state index in [0.29, 0.717) is 18.6 Å². The van der Waals surface area contributed by atoms with Gasteiger partial charge >= 0.3 is 5.97 Å². The van der Waals surface area contributed by atoms with Crippen LogP contribution < -0.4 is 21.7 Å². The van der Waals surface area contributed by atoms with E-state index in [0.717, 1.165) is 5.75 Å². The molecular weight excluding hydrogens is 404 g/mol. The largest absolute Gasteiger partial charge is 0.480 e. The van der Waals surface area contributed by atoms with Gasteiger partial charge in [0.25, 0.3) is 0 Å². The van der Waals surface area contributed by atoms with Crippen LogP contribution in [0.5, 0.6) is 0 Å². The van der Waals surface area contributed by atoms with Crippen molar-refractivity contribution in [3.63, 3.8) is 0 Å². The summed E-state index contributed by atoms with van der Waals surface area (Å²) < 4.78 is 0. The number of nitrogens with one attached hydrogen (secondary N) is 3. The molecule has 0 aliphatic carbocycles. The number of rotatable bonds is 14. The van der Waals surface area contributed by atoms with E-state index in [1.165, 1.54) is 11.8 Å². The number of nitrogens with two attached hydrogens (primary N) is 1. The summed E-state index contributed by atoms with van der Waals surface area (Å²) in [6, 6.07) is -2.55. The van der Waals surface area contributed by atoms with E-state index in [4.69, 9.17) is 10.8 Å². The lowest BCUT2D eigenvalue weighted by atomic mass is 10.0. The molecule has 0 rings (SSSR count). The molecule has 162 valence electrons. The number of carboxylic acid groups (broad SMARTS) is 1. The van der Waals surface area contributed by atoms with E-state index in [2.05, 4.69) is 16.0 Å². The average Bonchev–Trinajstić information content (AvgIpc) is 2.64. The summed E-state index contributed by atoms with van der Waals surface area (Å²) >= 11 is 3.10. The van der Waals surface area contributed by atoms with E-state index in [9.17, 15) is 19.2 Å². The third-order valence-electron chi connectivity index (χ3n) is 3.89. The van der Waals surface area contributed by atoms with Crippen LogP contribution in [0.1, 0.15) is 26.7 Å². The van der Waals surface area contributed by atoms with Crippen molar-refractivity contribution in [1.29, 1.82) is 0 Å². The number of hydrogen-bond donors (Lipinski definition) is 5. The van der Waals surface area contributed by atoms with Gasteiger partial charge in [0.15, 0.2) is 0 Å². The summed E-state index contributed by atoms with van der Waals surface area (Å²) in [7, 11) is 0. The van der Waals surface area contributed by atoms with Gasteiger partial charge in [0, 0.05) is 0 Å². The molecule has 6 N–H and O–H groups in total. The maximum atomic E-state index is 12.4. The Labute approximate surface area is 174 Å². The lowest BCUT2D eigenvalue weighted by Crippen LogP contribution is -2.54. The summed E-state index contributed by atoms with van der Waals surface area (Å²) in [5, 5.41) is 16.6. The van der Waals surface area contributed by atoms with E-state index >= 15 is 0 Å². The zero-order valence-corrected chi connectivity index (χ0v) is 18.5. The topological polar surface area (TPSA) is 151 Å².